The van der Waals surface area contributed by atoms with Gasteiger partial charge in [-0.25, -0.2) is 0 Å². The van der Waals surface area contributed by atoms with Gasteiger partial charge in [0.2, 0.25) is 0 Å². The van der Waals surface area contributed by atoms with Crippen LogP contribution in [0.1, 0.15) is 145 Å². The van der Waals surface area contributed by atoms with Crippen LogP contribution in [-0.4, -0.2) is 0 Å². The van der Waals surface area contributed by atoms with Gasteiger partial charge in [0.25, 0.3) is 0 Å². The molecule has 0 aliphatic heterocycles. The Morgan fingerprint density at radius 2 is 0.850 bits per heavy atom. The first-order chi connectivity index (χ1) is 18.5. The van der Waals surface area contributed by atoms with E-state index in [1.54, 1.807) is 64.0 Å². The molecule has 218 valence electrons. The van der Waals surface area contributed by atoms with E-state index < -0.39 is 39.9 Å². The van der Waals surface area contributed by atoms with Crippen molar-refractivity contribution in [2.24, 2.45) is 0 Å². The number of rotatable bonds is 9. The van der Waals surface area contributed by atoms with Gasteiger partial charge in [0, 0.05) is 0 Å². The molecule has 0 bridgehead atoms. The quantitative estimate of drug-likeness (QED) is 0.220. The monoisotopic (exact) mass is 874 g/mol. The SMILES string of the molecule is CC1=Cc2c(C(C)C)cc(C(C)C)cc2[CH]1[Hf]([CH3])([CH3])[CH2][CH2][Hf]([CH3])([CH3])[CH]1C(C)=Cc2c(C(C)C)cc(C(C)C)cc21. The molecular weight excluding hydrogens is 813 g/mol. The third kappa shape index (κ3) is 6.16. The molecule has 0 N–H and O–H groups in total. The molecule has 40 heavy (non-hydrogen) atoms. The third-order valence-electron chi connectivity index (χ3n) is 10.4. The number of hydrogen-bond donors (Lipinski definition) is 0. The minimum atomic E-state index is -2.65. The van der Waals surface area contributed by atoms with Crippen molar-refractivity contribution < 1.29 is 39.9 Å². The van der Waals surface area contributed by atoms with Crippen molar-refractivity contribution in [2.45, 2.75) is 127 Å². The van der Waals surface area contributed by atoms with Crippen molar-refractivity contribution in [3.05, 3.63) is 79.9 Å². The van der Waals surface area contributed by atoms with Crippen LogP contribution in [-0.2, 0) is 39.9 Å². The van der Waals surface area contributed by atoms with Crippen LogP contribution < -0.4 is 0 Å². The summed E-state index contributed by atoms with van der Waals surface area (Å²) in [7, 11) is 0. The van der Waals surface area contributed by atoms with Gasteiger partial charge >= 0.3 is 259 Å². The van der Waals surface area contributed by atoms with Gasteiger partial charge in [-0.1, -0.05) is 0 Å². The predicted molar refractivity (Wildman–Crippen MR) is 175 cm³/mol. The van der Waals surface area contributed by atoms with Crippen LogP contribution >= 0.6 is 0 Å². The van der Waals surface area contributed by atoms with E-state index in [1.165, 1.54) is 0 Å². The number of fused-ring (bicyclic) bond motifs is 2. The summed E-state index contributed by atoms with van der Waals surface area (Å²) in [4.78, 5) is 0. The molecule has 0 nitrogen and oxygen atoms in total. The van der Waals surface area contributed by atoms with Crippen LogP contribution in [0.2, 0.25) is 27.1 Å². The van der Waals surface area contributed by atoms with Crippen LogP contribution in [0.5, 0.6) is 0 Å². The second-order valence-electron chi connectivity index (χ2n) is 16.0. The van der Waals surface area contributed by atoms with Gasteiger partial charge in [0.15, 0.2) is 0 Å². The Labute approximate surface area is 257 Å². The maximum absolute atomic E-state index is 2.80. The summed E-state index contributed by atoms with van der Waals surface area (Å²) in [5.41, 5.74) is 16.2. The summed E-state index contributed by atoms with van der Waals surface area (Å²) >= 11 is -5.30. The second-order valence-corrected chi connectivity index (χ2v) is 52.3. The van der Waals surface area contributed by atoms with E-state index in [0.29, 0.717) is 23.7 Å². The molecule has 0 radical (unpaired) electrons. The maximum atomic E-state index is 2.80. The summed E-state index contributed by atoms with van der Waals surface area (Å²) in [6, 6.07) is 10.3. The van der Waals surface area contributed by atoms with Crippen LogP contribution in [0.4, 0.5) is 0 Å². The molecule has 0 aromatic heterocycles. The average molecular weight is 872 g/mol. The Hall–Kier alpha value is -0.340. The Balaban J connectivity index is 1.67. The van der Waals surface area contributed by atoms with Crippen LogP contribution in [0.25, 0.3) is 12.2 Å². The molecule has 2 aliphatic rings. The van der Waals surface area contributed by atoms with Crippen molar-refractivity contribution in [2.75, 3.05) is 0 Å². The zero-order valence-electron chi connectivity index (χ0n) is 28.3. The molecule has 2 heteroatoms. The molecule has 4 rings (SSSR count). The molecule has 2 atom stereocenters. The average Bonchev–Trinajstić information content (AvgIpc) is 3.37. The fourth-order valence-corrected chi connectivity index (χ4v) is 69.8. The van der Waals surface area contributed by atoms with E-state index in [2.05, 4.69) is 124 Å². The van der Waals surface area contributed by atoms with E-state index in [4.69, 9.17) is 0 Å². The number of hydrogen-bond acceptors (Lipinski definition) is 0. The Kier molecular flexibility index (Phi) is 9.75. The standard InChI is InChI=1S/2C16H21.C2H4.4CH3.2Hf/c2*1-10(2)13-8-14-6-12(5)7-16(14)15(9-13)11(3)4;1-2;;;;;;/h2*6-11H,1-5H3;1-2H2;4*1H3;;. The molecule has 0 heterocycles. The molecule has 0 spiro atoms. The topological polar surface area (TPSA) is 0 Å². The van der Waals surface area contributed by atoms with Crippen LogP contribution in [0.3, 0.4) is 0 Å². The predicted octanol–water partition coefficient (Wildman–Crippen LogP) is 13.1. The molecule has 2 aromatic rings. The van der Waals surface area contributed by atoms with Gasteiger partial charge in [-0.15, -0.1) is 0 Å². The third-order valence-corrected chi connectivity index (χ3v) is 44.6. The van der Waals surface area contributed by atoms with Crippen LogP contribution in [0, 0.1) is 0 Å². The van der Waals surface area contributed by atoms with E-state index in [0.717, 1.165) is 7.35 Å². The fourth-order valence-electron chi connectivity index (χ4n) is 8.00. The van der Waals surface area contributed by atoms with Gasteiger partial charge in [-0.3, -0.25) is 0 Å². The van der Waals surface area contributed by atoms with E-state index >= 15 is 0 Å². The molecule has 2 aliphatic carbocycles. The van der Waals surface area contributed by atoms with Crippen molar-refractivity contribution in [1.82, 2.24) is 0 Å². The number of benzene rings is 2. The summed E-state index contributed by atoms with van der Waals surface area (Å²) in [5.74, 6) is 2.33. The van der Waals surface area contributed by atoms with Crippen molar-refractivity contribution in [3.8, 4) is 0 Å². The van der Waals surface area contributed by atoms with Crippen molar-refractivity contribution in [1.29, 1.82) is 0 Å². The van der Waals surface area contributed by atoms with E-state index in [-0.39, 0.29) is 0 Å². The zero-order valence-corrected chi connectivity index (χ0v) is 35.5. The first kappa shape index (κ1) is 32.6. The van der Waals surface area contributed by atoms with Gasteiger partial charge in [0.05, 0.1) is 0 Å². The normalized spacial score (nSPS) is 19.1. The fraction of sp³-hybridized carbons (Fsp3) is 0.579. The van der Waals surface area contributed by atoms with Gasteiger partial charge in [-0.05, 0) is 0 Å². The molecule has 2 unspecified atom stereocenters. The van der Waals surface area contributed by atoms with E-state index in [1.807, 2.05) is 0 Å². The van der Waals surface area contributed by atoms with Gasteiger partial charge in [0.1, 0.15) is 0 Å². The van der Waals surface area contributed by atoms with Gasteiger partial charge < -0.3 is 0 Å². The Morgan fingerprint density at radius 1 is 0.525 bits per heavy atom. The molecular formula is C38H58Hf2. The number of allylic oxidation sites excluding steroid dienone is 2. The van der Waals surface area contributed by atoms with E-state index in [9.17, 15) is 0 Å². The summed E-state index contributed by atoms with van der Waals surface area (Å²) in [6.45, 7) is 23.9. The minimum absolute atomic E-state index is 0.578. The summed E-state index contributed by atoms with van der Waals surface area (Å²) in [6.07, 6.45) is 5.19. The molecule has 2 aromatic carbocycles. The molecule has 0 amide bonds. The molecule has 0 saturated heterocycles. The summed E-state index contributed by atoms with van der Waals surface area (Å²) in [5, 5.41) is 0. The first-order valence-corrected chi connectivity index (χ1v) is 39.8. The second kappa shape index (κ2) is 12.0. The first-order valence-electron chi connectivity index (χ1n) is 16.2. The van der Waals surface area contributed by atoms with Gasteiger partial charge in [-0.2, -0.15) is 0 Å². The molecule has 0 fully saturated rings. The Bertz CT molecular complexity index is 1230. The van der Waals surface area contributed by atoms with Crippen LogP contribution in [0.15, 0.2) is 35.4 Å². The summed E-state index contributed by atoms with van der Waals surface area (Å²) < 4.78 is 15.8. The van der Waals surface area contributed by atoms with Crippen molar-refractivity contribution >= 4 is 12.2 Å². The van der Waals surface area contributed by atoms with Crippen molar-refractivity contribution in [3.63, 3.8) is 0 Å². The zero-order chi connectivity index (χ0) is 29.9. The Morgan fingerprint density at radius 3 is 1.12 bits per heavy atom. The molecule has 0 saturated carbocycles.